The molecule has 0 aliphatic heterocycles. The number of anilines is 1. The van der Waals surface area contributed by atoms with Crippen molar-refractivity contribution in [1.29, 1.82) is 0 Å². The number of rotatable bonds is 6. The Labute approximate surface area is 207 Å². The molecule has 1 aliphatic carbocycles. The summed E-state index contributed by atoms with van der Waals surface area (Å²) in [4.78, 5) is 30.0. The largest absolute Gasteiger partial charge is 0.479 e. The fourth-order valence-corrected chi connectivity index (χ4v) is 4.70. The number of carboxylic acid groups (broad SMARTS) is 1. The van der Waals surface area contributed by atoms with Gasteiger partial charge in [-0.2, -0.15) is 0 Å². The topological polar surface area (TPSA) is 88.5 Å². The molecule has 1 aromatic carbocycles. The molecule has 0 bridgehead atoms. The number of aryl methyl sites for hydroxylation is 1. The van der Waals surface area contributed by atoms with Gasteiger partial charge in [-0.05, 0) is 89.5 Å². The van der Waals surface area contributed by atoms with E-state index in [1.54, 1.807) is 19.1 Å². The first-order valence-corrected chi connectivity index (χ1v) is 12.2. The van der Waals surface area contributed by atoms with Crippen molar-refractivity contribution >= 4 is 29.3 Å². The molecule has 0 unspecified atom stereocenters. The van der Waals surface area contributed by atoms with Crippen LogP contribution in [0.3, 0.4) is 0 Å². The van der Waals surface area contributed by atoms with Crippen LogP contribution in [0.25, 0.3) is 11.1 Å². The van der Waals surface area contributed by atoms with Gasteiger partial charge in [-0.15, -0.1) is 0 Å². The highest BCUT2D eigenvalue weighted by molar-refractivity contribution is 6.30. The van der Waals surface area contributed by atoms with E-state index in [1.807, 2.05) is 39.8 Å². The van der Waals surface area contributed by atoms with Crippen LogP contribution in [0.1, 0.15) is 76.3 Å². The molecular weight excluding hydrogens is 452 g/mol. The number of ether oxygens (including phenoxy) is 1. The normalized spacial score (nSPS) is 19.5. The molecule has 0 saturated heterocycles. The molecule has 2 aromatic rings. The maximum atomic E-state index is 13.1. The van der Waals surface area contributed by atoms with Gasteiger partial charge in [-0.3, -0.25) is 4.79 Å². The third-order valence-electron chi connectivity index (χ3n) is 6.39. The molecule has 1 saturated carbocycles. The van der Waals surface area contributed by atoms with Gasteiger partial charge >= 0.3 is 5.97 Å². The van der Waals surface area contributed by atoms with Crippen molar-refractivity contribution < 1.29 is 19.4 Å². The number of hydrogen-bond donors (Lipinski definition) is 2. The molecule has 7 heteroatoms. The number of carbonyl (C=O) groups excluding carboxylic acids is 1. The number of carbonyl (C=O) groups is 2. The van der Waals surface area contributed by atoms with Crippen molar-refractivity contribution in [2.75, 3.05) is 5.32 Å². The van der Waals surface area contributed by atoms with E-state index in [0.717, 1.165) is 31.2 Å². The van der Waals surface area contributed by atoms with Crippen molar-refractivity contribution in [3.63, 3.8) is 0 Å². The van der Waals surface area contributed by atoms with Gasteiger partial charge in [0.2, 0.25) is 5.91 Å². The highest BCUT2D eigenvalue weighted by atomic mass is 35.5. The summed E-state index contributed by atoms with van der Waals surface area (Å²) in [5.41, 5.74) is 2.46. The number of benzene rings is 1. The van der Waals surface area contributed by atoms with Crippen LogP contribution >= 0.6 is 11.6 Å². The fourth-order valence-electron chi connectivity index (χ4n) is 4.57. The predicted molar refractivity (Wildman–Crippen MR) is 135 cm³/mol. The van der Waals surface area contributed by atoms with Gasteiger partial charge in [-0.1, -0.05) is 30.7 Å². The van der Waals surface area contributed by atoms with Gasteiger partial charge in [0, 0.05) is 27.8 Å². The zero-order valence-electron chi connectivity index (χ0n) is 20.9. The van der Waals surface area contributed by atoms with E-state index in [1.165, 1.54) is 0 Å². The van der Waals surface area contributed by atoms with Crippen molar-refractivity contribution in [1.82, 2.24) is 4.98 Å². The highest BCUT2D eigenvalue weighted by Gasteiger charge is 2.33. The summed E-state index contributed by atoms with van der Waals surface area (Å²) in [5, 5.41) is 13.7. The summed E-state index contributed by atoms with van der Waals surface area (Å²) < 4.78 is 5.98. The molecule has 1 heterocycles. The first-order valence-electron chi connectivity index (χ1n) is 11.9. The van der Waals surface area contributed by atoms with Crippen molar-refractivity contribution in [2.45, 2.75) is 78.9 Å². The summed E-state index contributed by atoms with van der Waals surface area (Å²) in [7, 11) is 0. The Kier molecular flexibility index (Phi) is 8.04. The molecule has 1 aliphatic rings. The van der Waals surface area contributed by atoms with Crippen LogP contribution in [0.2, 0.25) is 5.02 Å². The van der Waals surface area contributed by atoms with Gasteiger partial charge in [0.15, 0.2) is 6.10 Å². The third-order valence-corrected chi connectivity index (χ3v) is 6.64. The summed E-state index contributed by atoms with van der Waals surface area (Å²) in [5.74, 6) is -0.0558. The average molecular weight is 487 g/mol. The summed E-state index contributed by atoms with van der Waals surface area (Å²) in [6, 6.07) is 7.21. The van der Waals surface area contributed by atoms with Crippen LogP contribution in [0.4, 0.5) is 5.82 Å². The van der Waals surface area contributed by atoms with E-state index in [9.17, 15) is 14.7 Å². The van der Waals surface area contributed by atoms with Gasteiger partial charge < -0.3 is 15.2 Å². The number of pyridine rings is 1. The van der Waals surface area contributed by atoms with Crippen LogP contribution in [-0.4, -0.2) is 27.6 Å². The van der Waals surface area contributed by atoms with E-state index < -0.39 is 17.7 Å². The maximum Gasteiger partial charge on any atom is 0.337 e. The monoisotopic (exact) mass is 486 g/mol. The summed E-state index contributed by atoms with van der Waals surface area (Å²) >= 11 is 6.12. The molecule has 0 spiro atoms. The van der Waals surface area contributed by atoms with Gasteiger partial charge in [0.25, 0.3) is 0 Å². The Balaban J connectivity index is 2.11. The average Bonchev–Trinajstić information content (AvgIpc) is 2.75. The Bertz CT molecular complexity index is 1050. The molecular formula is C27H35ClN2O4. The third kappa shape index (κ3) is 6.16. The lowest BCUT2D eigenvalue weighted by Gasteiger charge is -2.29. The van der Waals surface area contributed by atoms with Crippen LogP contribution in [-0.2, 0) is 14.3 Å². The SMILES string of the molecule is Cc1nc(NC(=O)C2CCC(C)CC2)c(C)c(-c2ccc(Cl)cc2)c1[C@H](OC(C)(C)C)C(=O)O. The highest BCUT2D eigenvalue weighted by Crippen LogP contribution is 2.40. The molecule has 6 nitrogen and oxygen atoms in total. The molecule has 0 radical (unpaired) electrons. The van der Waals surface area contributed by atoms with Crippen LogP contribution in [0.5, 0.6) is 0 Å². The van der Waals surface area contributed by atoms with Gasteiger partial charge in [0.1, 0.15) is 5.82 Å². The number of hydrogen-bond acceptors (Lipinski definition) is 4. The second kappa shape index (κ2) is 10.4. The Hall–Kier alpha value is -2.44. The van der Waals surface area contributed by atoms with Crippen molar-refractivity contribution in [2.24, 2.45) is 11.8 Å². The molecule has 2 N–H and O–H groups in total. The van der Waals surface area contributed by atoms with Crippen molar-refractivity contribution in [3.8, 4) is 11.1 Å². The van der Waals surface area contributed by atoms with Crippen LogP contribution in [0.15, 0.2) is 24.3 Å². The summed E-state index contributed by atoms with van der Waals surface area (Å²) in [6.45, 7) is 11.3. The van der Waals surface area contributed by atoms with E-state index in [4.69, 9.17) is 16.3 Å². The Morgan fingerprint density at radius 2 is 1.71 bits per heavy atom. The second-order valence-electron chi connectivity index (χ2n) is 10.4. The number of aliphatic carboxylic acids is 1. The molecule has 3 rings (SSSR count). The van der Waals surface area contributed by atoms with E-state index in [2.05, 4.69) is 17.2 Å². The molecule has 1 amide bonds. The van der Waals surface area contributed by atoms with Crippen molar-refractivity contribution in [3.05, 3.63) is 46.1 Å². The summed E-state index contributed by atoms with van der Waals surface area (Å²) in [6.07, 6.45) is 2.61. The molecule has 1 aromatic heterocycles. The smallest absolute Gasteiger partial charge is 0.337 e. The Morgan fingerprint density at radius 3 is 2.24 bits per heavy atom. The standard InChI is InChI=1S/C27H35ClN2O4/c1-15-7-9-19(10-8-15)25(31)30-24-16(2)21(18-11-13-20(28)14-12-18)22(17(3)29-24)23(26(32)33)34-27(4,5)6/h11-15,19,23H,7-10H2,1-6H3,(H,32,33)(H,29,30,31)/t15?,19?,23-/m0/s1. The molecule has 1 atom stereocenters. The fraction of sp³-hybridized carbons (Fsp3) is 0.519. The zero-order chi connectivity index (χ0) is 25.2. The van der Waals surface area contributed by atoms with Gasteiger partial charge in [-0.25, -0.2) is 9.78 Å². The van der Waals surface area contributed by atoms with E-state index in [-0.39, 0.29) is 11.8 Å². The molecule has 1 fully saturated rings. The molecule has 184 valence electrons. The minimum atomic E-state index is -1.22. The number of carboxylic acids is 1. The predicted octanol–water partition coefficient (Wildman–Crippen LogP) is 6.72. The quantitative estimate of drug-likeness (QED) is 0.472. The van der Waals surface area contributed by atoms with Crippen LogP contribution < -0.4 is 5.32 Å². The zero-order valence-corrected chi connectivity index (χ0v) is 21.6. The number of amides is 1. The number of halogens is 1. The number of aromatic nitrogens is 1. The lowest BCUT2D eigenvalue weighted by Crippen LogP contribution is -2.30. The minimum absolute atomic E-state index is 0.0302. The second-order valence-corrected chi connectivity index (χ2v) is 10.8. The number of nitrogens with one attached hydrogen (secondary N) is 1. The first kappa shape index (κ1) is 26.2. The van der Waals surface area contributed by atoms with E-state index in [0.29, 0.717) is 39.1 Å². The lowest BCUT2D eigenvalue weighted by atomic mass is 9.82. The number of nitrogens with zero attached hydrogens (tertiary/aromatic N) is 1. The molecule has 34 heavy (non-hydrogen) atoms. The maximum absolute atomic E-state index is 13.1. The van der Waals surface area contributed by atoms with E-state index >= 15 is 0 Å². The minimum Gasteiger partial charge on any atom is -0.479 e. The Morgan fingerprint density at radius 1 is 1.12 bits per heavy atom. The van der Waals surface area contributed by atoms with Gasteiger partial charge in [0.05, 0.1) is 5.60 Å². The lowest BCUT2D eigenvalue weighted by molar-refractivity contribution is -0.160. The van der Waals surface area contributed by atoms with Crippen LogP contribution in [0, 0.1) is 25.7 Å². The first-order chi connectivity index (χ1) is 15.9.